The van der Waals surface area contributed by atoms with E-state index in [1.54, 1.807) is 7.11 Å². The van der Waals surface area contributed by atoms with Gasteiger partial charge >= 0.3 is 0 Å². The molecule has 0 atom stereocenters. The van der Waals surface area contributed by atoms with E-state index in [9.17, 15) is 0 Å². The lowest BCUT2D eigenvalue weighted by atomic mass is 10.3. The largest absolute Gasteiger partial charge is 0.383 e. The van der Waals surface area contributed by atoms with Gasteiger partial charge in [-0.25, -0.2) is 4.98 Å². The number of hydrogen-bond acceptors (Lipinski definition) is 4. The van der Waals surface area contributed by atoms with Gasteiger partial charge in [-0.3, -0.25) is 5.10 Å². The van der Waals surface area contributed by atoms with Gasteiger partial charge in [0, 0.05) is 31.6 Å². The van der Waals surface area contributed by atoms with Crippen molar-refractivity contribution >= 4 is 5.95 Å². The molecule has 0 unspecified atom stereocenters. The van der Waals surface area contributed by atoms with Crippen molar-refractivity contribution in [3.8, 4) is 0 Å². The van der Waals surface area contributed by atoms with E-state index in [1.807, 2.05) is 25.5 Å². The molecule has 0 aliphatic heterocycles. The molecule has 2 heterocycles. The summed E-state index contributed by atoms with van der Waals surface area (Å²) in [6.07, 6.45) is 5.71. The maximum absolute atomic E-state index is 5.00. The zero-order chi connectivity index (χ0) is 12.1. The molecule has 0 bridgehead atoms. The van der Waals surface area contributed by atoms with Crippen LogP contribution in [0.25, 0.3) is 0 Å². The summed E-state index contributed by atoms with van der Waals surface area (Å²) in [5.41, 5.74) is 2.12. The van der Waals surface area contributed by atoms with Gasteiger partial charge < -0.3 is 14.6 Å². The average molecular weight is 235 g/mol. The molecule has 6 nitrogen and oxygen atoms in total. The summed E-state index contributed by atoms with van der Waals surface area (Å²) >= 11 is 0. The molecule has 92 valence electrons. The Morgan fingerprint density at radius 2 is 2.41 bits per heavy atom. The highest BCUT2D eigenvalue weighted by Crippen LogP contribution is 2.10. The Balaban J connectivity index is 2.05. The Morgan fingerprint density at radius 1 is 1.53 bits per heavy atom. The van der Waals surface area contributed by atoms with Crippen LogP contribution in [0.1, 0.15) is 11.3 Å². The molecular weight excluding hydrogens is 218 g/mol. The van der Waals surface area contributed by atoms with Crippen LogP contribution in [0.15, 0.2) is 18.6 Å². The first-order valence-corrected chi connectivity index (χ1v) is 5.54. The van der Waals surface area contributed by atoms with Gasteiger partial charge in [0.2, 0.25) is 5.95 Å². The van der Waals surface area contributed by atoms with Crippen LogP contribution in [0, 0.1) is 6.92 Å². The number of aromatic amines is 1. The van der Waals surface area contributed by atoms with Crippen LogP contribution in [0.2, 0.25) is 0 Å². The van der Waals surface area contributed by atoms with Crippen molar-refractivity contribution in [2.75, 3.05) is 25.6 Å². The molecule has 2 N–H and O–H groups in total. The second-order valence-corrected chi connectivity index (χ2v) is 3.86. The number of methoxy groups -OCH3 is 1. The van der Waals surface area contributed by atoms with Crippen LogP contribution in [0.5, 0.6) is 0 Å². The zero-order valence-corrected chi connectivity index (χ0v) is 10.1. The predicted molar refractivity (Wildman–Crippen MR) is 65.0 cm³/mol. The summed E-state index contributed by atoms with van der Waals surface area (Å²) in [5.74, 6) is 0.862. The number of H-pyrrole nitrogens is 1. The Bertz CT molecular complexity index is 448. The summed E-state index contributed by atoms with van der Waals surface area (Å²) < 4.78 is 7.07. The number of ether oxygens (including phenoxy) is 1. The standard InChI is InChI=1S/C11H17N5O/c1-9-7-16(8-10-5-13-14-6-10)11(15-9)12-3-4-17-2/h5-7H,3-4,8H2,1-2H3,(H,12,15)(H,13,14). The fourth-order valence-corrected chi connectivity index (χ4v) is 1.63. The third-order valence-electron chi connectivity index (χ3n) is 2.39. The highest BCUT2D eigenvalue weighted by Gasteiger charge is 2.05. The van der Waals surface area contributed by atoms with Crippen molar-refractivity contribution in [2.45, 2.75) is 13.5 Å². The first-order chi connectivity index (χ1) is 8.29. The first kappa shape index (κ1) is 11.7. The van der Waals surface area contributed by atoms with Crippen LogP contribution < -0.4 is 5.32 Å². The van der Waals surface area contributed by atoms with Crippen LogP contribution in [0.4, 0.5) is 5.95 Å². The molecule has 17 heavy (non-hydrogen) atoms. The molecule has 0 fully saturated rings. The summed E-state index contributed by atoms with van der Waals surface area (Å²) in [7, 11) is 1.69. The third-order valence-corrected chi connectivity index (χ3v) is 2.39. The molecule has 0 aliphatic carbocycles. The molecule has 0 spiro atoms. The number of rotatable bonds is 6. The normalized spacial score (nSPS) is 10.7. The SMILES string of the molecule is COCCNc1nc(C)cn1Cc1cn[nH]c1. The average Bonchev–Trinajstić information content (AvgIpc) is 2.90. The summed E-state index contributed by atoms with van der Waals surface area (Å²) in [4.78, 5) is 4.43. The lowest BCUT2D eigenvalue weighted by Gasteiger charge is -2.08. The van der Waals surface area contributed by atoms with Crippen molar-refractivity contribution in [3.05, 3.63) is 29.8 Å². The van der Waals surface area contributed by atoms with Crippen molar-refractivity contribution in [1.82, 2.24) is 19.7 Å². The molecule has 0 aliphatic rings. The second-order valence-electron chi connectivity index (χ2n) is 3.86. The number of nitrogens with zero attached hydrogens (tertiary/aromatic N) is 3. The van der Waals surface area contributed by atoms with Gasteiger partial charge in [0.15, 0.2) is 0 Å². The highest BCUT2D eigenvalue weighted by molar-refractivity contribution is 5.29. The van der Waals surface area contributed by atoms with Crippen molar-refractivity contribution < 1.29 is 4.74 Å². The zero-order valence-electron chi connectivity index (χ0n) is 10.1. The van der Waals surface area contributed by atoms with Crippen LogP contribution in [-0.2, 0) is 11.3 Å². The van der Waals surface area contributed by atoms with Crippen LogP contribution >= 0.6 is 0 Å². The highest BCUT2D eigenvalue weighted by atomic mass is 16.5. The van der Waals surface area contributed by atoms with Gasteiger partial charge in [-0.15, -0.1) is 0 Å². The molecule has 0 amide bonds. The molecule has 2 aromatic heterocycles. The Labute approximate surface area is 100 Å². The molecule has 6 heteroatoms. The van der Waals surface area contributed by atoms with Crippen molar-refractivity contribution in [1.29, 1.82) is 0 Å². The van der Waals surface area contributed by atoms with E-state index < -0.39 is 0 Å². The van der Waals surface area contributed by atoms with E-state index >= 15 is 0 Å². The second kappa shape index (κ2) is 5.49. The molecule has 2 aromatic rings. The van der Waals surface area contributed by atoms with Crippen LogP contribution in [-0.4, -0.2) is 40.0 Å². The Hall–Kier alpha value is -1.82. The number of aromatic nitrogens is 4. The van der Waals surface area contributed by atoms with E-state index in [4.69, 9.17) is 4.74 Å². The first-order valence-electron chi connectivity index (χ1n) is 5.54. The molecular formula is C11H17N5O. The molecule has 0 aromatic carbocycles. The fraction of sp³-hybridized carbons (Fsp3) is 0.455. The van der Waals surface area contributed by atoms with Crippen molar-refractivity contribution in [2.24, 2.45) is 0 Å². The van der Waals surface area contributed by atoms with E-state index in [2.05, 4.69) is 25.1 Å². The number of aryl methyl sites for hydroxylation is 1. The molecule has 2 rings (SSSR count). The van der Waals surface area contributed by atoms with Crippen LogP contribution in [0.3, 0.4) is 0 Å². The quantitative estimate of drug-likeness (QED) is 0.734. The maximum Gasteiger partial charge on any atom is 0.203 e. The minimum Gasteiger partial charge on any atom is -0.383 e. The number of imidazole rings is 1. The van der Waals surface area contributed by atoms with Gasteiger partial charge in [-0.05, 0) is 6.92 Å². The Kier molecular flexibility index (Phi) is 3.77. The Morgan fingerprint density at radius 3 is 3.12 bits per heavy atom. The minimum atomic E-state index is 0.664. The van der Waals surface area contributed by atoms with Gasteiger partial charge in [0.25, 0.3) is 0 Å². The van der Waals surface area contributed by atoms with Gasteiger partial charge in [0.05, 0.1) is 25.0 Å². The van der Waals surface area contributed by atoms with E-state index in [-0.39, 0.29) is 0 Å². The number of hydrogen-bond donors (Lipinski definition) is 2. The summed E-state index contributed by atoms with van der Waals surface area (Å²) in [6, 6.07) is 0. The van der Waals surface area contributed by atoms with E-state index in [0.717, 1.165) is 30.3 Å². The van der Waals surface area contributed by atoms with Gasteiger partial charge in [-0.1, -0.05) is 0 Å². The predicted octanol–water partition coefficient (Wildman–Crippen LogP) is 1.02. The molecule has 0 radical (unpaired) electrons. The lowest BCUT2D eigenvalue weighted by Crippen LogP contribution is -2.12. The molecule has 0 saturated heterocycles. The van der Waals surface area contributed by atoms with Crippen molar-refractivity contribution in [3.63, 3.8) is 0 Å². The van der Waals surface area contributed by atoms with E-state index in [0.29, 0.717) is 6.61 Å². The minimum absolute atomic E-state index is 0.664. The topological polar surface area (TPSA) is 67.8 Å². The lowest BCUT2D eigenvalue weighted by molar-refractivity contribution is 0.210. The van der Waals surface area contributed by atoms with Gasteiger partial charge in [-0.2, -0.15) is 5.10 Å². The number of nitrogens with one attached hydrogen (secondary N) is 2. The van der Waals surface area contributed by atoms with Gasteiger partial charge in [0.1, 0.15) is 0 Å². The van der Waals surface area contributed by atoms with E-state index in [1.165, 1.54) is 0 Å². The fourth-order valence-electron chi connectivity index (χ4n) is 1.63. The smallest absolute Gasteiger partial charge is 0.203 e. The maximum atomic E-state index is 5.00. The monoisotopic (exact) mass is 235 g/mol. The molecule has 0 saturated carbocycles. The third kappa shape index (κ3) is 3.07. The summed E-state index contributed by atoms with van der Waals surface area (Å²) in [5, 5.41) is 9.98. The summed E-state index contributed by atoms with van der Waals surface area (Å²) in [6.45, 7) is 4.15. The number of anilines is 1.